The van der Waals surface area contributed by atoms with Gasteiger partial charge in [0, 0.05) is 6.54 Å². The summed E-state index contributed by atoms with van der Waals surface area (Å²) in [4.78, 5) is 15.3. The highest BCUT2D eigenvalue weighted by molar-refractivity contribution is 6.33. The van der Waals surface area contributed by atoms with Crippen LogP contribution in [0.5, 0.6) is 11.5 Å². The number of halogens is 1. The fourth-order valence-electron chi connectivity index (χ4n) is 1.32. The van der Waals surface area contributed by atoms with E-state index in [1.807, 2.05) is 0 Å². The van der Waals surface area contributed by atoms with E-state index >= 15 is 0 Å². The van der Waals surface area contributed by atoms with Gasteiger partial charge >= 0.3 is 0 Å². The van der Waals surface area contributed by atoms with Crippen LogP contribution in [0.1, 0.15) is 5.56 Å². The van der Waals surface area contributed by atoms with Crippen LogP contribution in [-0.4, -0.2) is 26.7 Å². The maximum absolute atomic E-state index is 10.5. The smallest absolute Gasteiger partial charge is 0.245 e. The minimum Gasteiger partial charge on any atom is -0.493 e. The van der Waals surface area contributed by atoms with Crippen LogP contribution in [0.4, 0.5) is 0 Å². The number of carbonyl (C=O) groups is 1. The maximum Gasteiger partial charge on any atom is 0.245 e. The monoisotopic (exact) mass is 274 g/mol. The first-order valence-electron chi connectivity index (χ1n) is 5.12. The maximum atomic E-state index is 10.5. The predicted octanol–water partition coefficient (Wildman–Crippen LogP) is 0.864. The molecule has 0 spiro atoms. The van der Waals surface area contributed by atoms with Gasteiger partial charge in [0.05, 0.1) is 19.2 Å². The van der Waals surface area contributed by atoms with Crippen LogP contribution in [0.25, 0.3) is 0 Å². The van der Waals surface area contributed by atoms with Crippen molar-refractivity contribution in [3.8, 4) is 11.5 Å². The average Bonchev–Trinajstić information content (AvgIpc) is 2.35. The molecule has 1 amide bonds. The van der Waals surface area contributed by atoms with Gasteiger partial charge in [-0.3, -0.25) is 9.63 Å². The lowest BCUT2D eigenvalue weighted by Gasteiger charge is -2.13. The summed E-state index contributed by atoms with van der Waals surface area (Å²) in [5.41, 5.74) is 8.25. The fourth-order valence-corrected chi connectivity index (χ4v) is 1.62. The van der Waals surface area contributed by atoms with Crippen LogP contribution >= 0.6 is 11.6 Å². The van der Waals surface area contributed by atoms with Crippen molar-refractivity contribution in [2.45, 2.75) is 6.54 Å². The quantitative estimate of drug-likeness (QED) is 0.569. The Kier molecular flexibility index (Phi) is 5.70. The number of hydrogen-bond acceptors (Lipinski definition) is 5. The molecule has 0 aromatic heterocycles. The normalized spacial score (nSPS) is 10.2. The lowest BCUT2D eigenvalue weighted by molar-refractivity contribution is -0.125. The van der Waals surface area contributed by atoms with E-state index in [9.17, 15) is 4.79 Å². The van der Waals surface area contributed by atoms with Crippen LogP contribution in [0.15, 0.2) is 12.1 Å². The predicted molar refractivity (Wildman–Crippen MR) is 66.5 cm³/mol. The number of ether oxygens (including phenoxy) is 2. The number of primary amides is 1. The van der Waals surface area contributed by atoms with E-state index in [1.165, 1.54) is 14.2 Å². The fraction of sp³-hybridized carbons (Fsp3) is 0.364. The third-order valence-electron chi connectivity index (χ3n) is 2.14. The molecule has 1 aromatic rings. The number of nitrogens with two attached hydrogens (primary N) is 1. The van der Waals surface area contributed by atoms with Crippen molar-refractivity contribution in [3.63, 3.8) is 0 Å². The molecule has 0 aliphatic heterocycles. The molecule has 0 heterocycles. The number of methoxy groups -OCH3 is 2. The molecule has 0 saturated carbocycles. The summed E-state index contributed by atoms with van der Waals surface area (Å²) in [5.74, 6) is 0.443. The third-order valence-corrected chi connectivity index (χ3v) is 2.56. The molecule has 0 bridgehead atoms. The highest BCUT2D eigenvalue weighted by Gasteiger charge is 2.12. The highest BCUT2D eigenvalue weighted by Crippen LogP contribution is 2.37. The summed E-state index contributed by atoms with van der Waals surface area (Å²) in [6.07, 6.45) is 0. The van der Waals surface area contributed by atoms with Gasteiger partial charge in [0.25, 0.3) is 0 Å². The van der Waals surface area contributed by atoms with Crippen LogP contribution in [0.3, 0.4) is 0 Å². The zero-order chi connectivity index (χ0) is 13.5. The van der Waals surface area contributed by atoms with Crippen LogP contribution < -0.4 is 20.7 Å². The topological polar surface area (TPSA) is 82.8 Å². The van der Waals surface area contributed by atoms with Gasteiger partial charge in [0.1, 0.15) is 6.61 Å². The van der Waals surface area contributed by atoms with Gasteiger partial charge in [-0.05, 0) is 11.6 Å². The van der Waals surface area contributed by atoms with Crippen LogP contribution in [0.2, 0.25) is 5.02 Å². The first-order chi connectivity index (χ1) is 8.60. The summed E-state index contributed by atoms with van der Waals surface area (Å²) in [7, 11) is 3.03. The van der Waals surface area contributed by atoms with E-state index in [2.05, 4.69) is 5.48 Å². The van der Waals surface area contributed by atoms with Gasteiger partial charge in [-0.2, -0.15) is 5.48 Å². The van der Waals surface area contributed by atoms with Crippen molar-refractivity contribution in [1.82, 2.24) is 5.48 Å². The average molecular weight is 275 g/mol. The number of nitrogens with one attached hydrogen (secondary N) is 1. The van der Waals surface area contributed by atoms with Crippen LogP contribution in [-0.2, 0) is 16.2 Å². The summed E-state index contributed by atoms with van der Waals surface area (Å²) in [6, 6.07) is 3.50. The molecular formula is C11H15ClN2O4. The summed E-state index contributed by atoms with van der Waals surface area (Å²) in [6.45, 7) is 0.109. The first-order valence-corrected chi connectivity index (χ1v) is 5.50. The molecule has 0 saturated heterocycles. The SMILES string of the molecule is COc1ccc(CNOCC(N)=O)c(Cl)c1OC. The zero-order valence-electron chi connectivity index (χ0n) is 10.2. The molecule has 1 rings (SSSR count). The zero-order valence-corrected chi connectivity index (χ0v) is 10.9. The Bertz CT molecular complexity index is 426. The molecule has 1 aromatic carbocycles. The van der Waals surface area contributed by atoms with Gasteiger partial charge in [-0.1, -0.05) is 17.7 Å². The molecule has 0 atom stereocenters. The first kappa shape index (κ1) is 14.6. The minimum absolute atomic E-state index is 0.203. The second-order valence-corrected chi connectivity index (χ2v) is 3.73. The molecule has 18 heavy (non-hydrogen) atoms. The van der Waals surface area contributed by atoms with E-state index in [-0.39, 0.29) is 6.61 Å². The molecule has 7 heteroatoms. The second kappa shape index (κ2) is 7.05. The van der Waals surface area contributed by atoms with Crippen molar-refractivity contribution in [1.29, 1.82) is 0 Å². The third kappa shape index (κ3) is 3.76. The van der Waals surface area contributed by atoms with Crippen LogP contribution in [0, 0.1) is 0 Å². The minimum atomic E-state index is -0.555. The molecule has 0 fully saturated rings. The van der Waals surface area contributed by atoms with Gasteiger partial charge < -0.3 is 15.2 Å². The summed E-state index contributed by atoms with van der Waals surface area (Å²) >= 11 is 6.14. The highest BCUT2D eigenvalue weighted by atomic mass is 35.5. The molecule has 0 radical (unpaired) electrons. The standard InChI is InChI=1S/C11H15ClN2O4/c1-16-8-4-3-7(10(12)11(8)17-2)5-14-18-6-9(13)15/h3-4,14H,5-6H2,1-2H3,(H2,13,15). The molecular weight excluding hydrogens is 260 g/mol. The Labute approximate surface area is 110 Å². The summed E-state index contributed by atoms with van der Waals surface area (Å²) < 4.78 is 10.3. The van der Waals surface area contributed by atoms with E-state index in [1.54, 1.807) is 12.1 Å². The lowest BCUT2D eigenvalue weighted by atomic mass is 10.2. The molecule has 0 unspecified atom stereocenters. The Hall–Kier alpha value is -1.50. The van der Waals surface area contributed by atoms with Crippen molar-refractivity contribution in [3.05, 3.63) is 22.7 Å². The van der Waals surface area contributed by atoms with Gasteiger partial charge in [-0.15, -0.1) is 0 Å². The van der Waals surface area contributed by atoms with Crippen molar-refractivity contribution in [2.75, 3.05) is 20.8 Å². The molecule has 0 aliphatic rings. The Balaban J connectivity index is 2.69. The number of amides is 1. The molecule has 6 nitrogen and oxygen atoms in total. The second-order valence-electron chi connectivity index (χ2n) is 3.35. The number of hydroxylamine groups is 1. The summed E-state index contributed by atoms with van der Waals surface area (Å²) in [5, 5.41) is 0.423. The Morgan fingerprint density at radius 1 is 1.39 bits per heavy atom. The van der Waals surface area contributed by atoms with E-state index in [4.69, 9.17) is 31.6 Å². The van der Waals surface area contributed by atoms with Crippen molar-refractivity contribution in [2.24, 2.45) is 5.73 Å². The number of rotatable bonds is 7. The number of hydrogen-bond donors (Lipinski definition) is 2. The lowest BCUT2D eigenvalue weighted by Crippen LogP contribution is -2.24. The molecule has 0 aliphatic carbocycles. The number of benzene rings is 1. The van der Waals surface area contributed by atoms with Crippen molar-refractivity contribution < 1.29 is 19.1 Å². The molecule has 100 valence electrons. The van der Waals surface area contributed by atoms with Gasteiger partial charge in [-0.25, -0.2) is 0 Å². The van der Waals surface area contributed by atoms with Crippen molar-refractivity contribution >= 4 is 17.5 Å². The van der Waals surface area contributed by atoms with E-state index in [0.717, 1.165) is 5.56 Å². The largest absolute Gasteiger partial charge is 0.493 e. The number of carbonyl (C=O) groups excluding carboxylic acids is 1. The van der Waals surface area contributed by atoms with Gasteiger partial charge in [0.15, 0.2) is 11.5 Å². The van der Waals surface area contributed by atoms with Gasteiger partial charge in [0.2, 0.25) is 5.91 Å². The van der Waals surface area contributed by atoms with E-state index < -0.39 is 5.91 Å². The molecule has 3 N–H and O–H groups in total. The Morgan fingerprint density at radius 2 is 2.11 bits per heavy atom. The Morgan fingerprint density at radius 3 is 2.67 bits per heavy atom. The van der Waals surface area contributed by atoms with E-state index in [0.29, 0.717) is 23.1 Å².